The lowest BCUT2D eigenvalue weighted by Crippen LogP contribution is -2.24. The molecule has 1 atom stereocenters. The highest BCUT2D eigenvalue weighted by molar-refractivity contribution is 7.92. The van der Waals surface area contributed by atoms with E-state index in [1.807, 2.05) is 26.0 Å². The molecule has 9 nitrogen and oxygen atoms in total. The Bertz CT molecular complexity index is 1340. The molecule has 0 bridgehead atoms. The molecule has 0 saturated heterocycles. The number of aliphatic imine (C=N–C) groups is 1. The van der Waals surface area contributed by atoms with Crippen LogP contribution in [0.15, 0.2) is 76.1 Å². The summed E-state index contributed by atoms with van der Waals surface area (Å²) in [6.07, 6.45) is 1.24. The molecule has 3 rings (SSSR count). The number of halogens is 2. The summed E-state index contributed by atoms with van der Waals surface area (Å²) in [4.78, 5) is 15.6. The molecule has 0 fully saturated rings. The molecule has 0 aromatic heterocycles. The van der Waals surface area contributed by atoms with Crippen molar-refractivity contribution in [2.45, 2.75) is 25.7 Å². The Morgan fingerprint density at radius 2 is 1.60 bits per heavy atom. The van der Waals surface area contributed by atoms with Gasteiger partial charge in [0, 0.05) is 10.9 Å². The molecule has 0 heterocycles. The second-order valence-electron chi connectivity index (χ2n) is 8.07. The Hall–Kier alpha value is -3.54. The molecule has 0 spiro atoms. The Balaban J connectivity index is 1.66. The first-order valence-electron chi connectivity index (χ1n) is 12.0. The Kier molecular flexibility index (Phi) is 11.4. The van der Waals surface area contributed by atoms with Crippen molar-refractivity contribution >= 4 is 48.7 Å². The number of nitrogens with one attached hydrogen (secondary N) is 1. The summed E-state index contributed by atoms with van der Waals surface area (Å²) in [7, 11) is -1.17. The first-order valence-corrected chi connectivity index (χ1v) is 14.4. The SMILES string of the molecule is CCOP(OCC)c1ccc(N[S+]([O-])c2ccc(Oc3c(F)cc(/C=C(\C)C(=O)N=C(N)N)cc3F)cc2)cc1. The van der Waals surface area contributed by atoms with E-state index >= 15 is 0 Å². The zero-order valence-electron chi connectivity index (χ0n) is 22.0. The van der Waals surface area contributed by atoms with Gasteiger partial charge in [0.1, 0.15) is 17.1 Å². The maximum absolute atomic E-state index is 14.7. The molecule has 212 valence electrons. The van der Waals surface area contributed by atoms with Crippen molar-refractivity contribution in [3.8, 4) is 11.5 Å². The van der Waals surface area contributed by atoms with Crippen molar-refractivity contribution in [2.24, 2.45) is 16.5 Å². The van der Waals surface area contributed by atoms with Gasteiger partial charge in [-0.1, -0.05) is 0 Å². The van der Waals surface area contributed by atoms with E-state index < -0.39 is 49.0 Å². The fourth-order valence-corrected chi connectivity index (χ4v) is 5.35. The number of nitrogens with zero attached hydrogens (tertiary/aromatic N) is 1. The van der Waals surface area contributed by atoms with Gasteiger partial charge >= 0.3 is 0 Å². The van der Waals surface area contributed by atoms with Crippen LogP contribution in [-0.2, 0) is 25.2 Å². The molecule has 1 amide bonds. The van der Waals surface area contributed by atoms with E-state index in [-0.39, 0.29) is 16.9 Å². The molecule has 0 aliphatic carbocycles. The zero-order chi connectivity index (χ0) is 29.2. The number of amides is 1. The fourth-order valence-electron chi connectivity index (χ4n) is 3.26. The van der Waals surface area contributed by atoms with Gasteiger partial charge in [-0.3, -0.25) is 4.79 Å². The minimum Gasteiger partial charge on any atom is -0.588 e. The highest BCUT2D eigenvalue weighted by Crippen LogP contribution is 2.37. The molecule has 1 unspecified atom stereocenters. The maximum Gasteiger partial charge on any atom is 0.275 e. The normalized spacial score (nSPS) is 12.2. The van der Waals surface area contributed by atoms with E-state index in [1.54, 1.807) is 12.1 Å². The van der Waals surface area contributed by atoms with Crippen LogP contribution in [0.3, 0.4) is 0 Å². The first kappa shape index (κ1) is 31.0. The molecule has 5 N–H and O–H groups in total. The Labute approximate surface area is 235 Å². The van der Waals surface area contributed by atoms with Crippen LogP contribution in [0.1, 0.15) is 26.3 Å². The average molecular weight is 591 g/mol. The van der Waals surface area contributed by atoms with Gasteiger partial charge in [-0.15, -0.1) is 0 Å². The minimum absolute atomic E-state index is 0.0788. The molecule has 13 heteroatoms. The summed E-state index contributed by atoms with van der Waals surface area (Å²) in [6, 6.07) is 15.2. The van der Waals surface area contributed by atoms with Crippen molar-refractivity contribution in [3.05, 3.63) is 83.4 Å². The third-order valence-electron chi connectivity index (χ3n) is 5.01. The molecule has 0 aliphatic heterocycles. The maximum atomic E-state index is 14.7. The molecular formula is C27H29F2N4O5PS. The van der Waals surface area contributed by atoms with E-state index in [2.05, 4.69) is 9.71 Å². The number of hydrogen-bond donors (Lipinski definition) is 3. The van der Waals surface area contributed by atoms with Crippen molar-refractivity contribution in [1.82, 2.24) is 0 Å². The van der Waals surface area contributed by atoms with Crippen molar-refractivity contribution < 1.29 is 31.9 Å². The summed E-state index contributed by atoms with van der Waals surface area (Å²) in [5.41, 5.74) is 11.1. The number of carbonyl (C=O) groups is 1. The molecule has 3 aromatic carbocycles. The van der Waals surface area contributed by atoms with E-state index in [0.717, 1.165) is 17.4 Å². The molecule has 40 heavy (non-hydrogen) atoms. The fraction of sp³-hybridized carbons (Fsp3) is 0.185. The van der Waals surface area contributed by atoms with Gasteiger partial charge in [-0.2, -0.15) is 4.99 Å². The largest absolute Gasteiger partial charge is 0.588 e. The van der Waals surface area contributed by atoms with Gasteiger partial charge in [0.15, 0.2) is 28.2 Å². The number of guanidine groups is 1. The lowest BCUT2D eigenvalue weighted by molar-refractivity contribution is -0.114. The number of anilines is 1. The van der Waals surface area contributed by atoms with Crippen molar-refractivity contribution in [2.75, 3.05) is 17.9 Å². The average Bonchev–Trinajstić information content (AvgIpc) is 2.91. The van der Waals surface area contributed by atoms with Gasteiger partial charge in [0.2, 0.25) is 8.38 Å². The van der Waals surface area contributed by atoms with Crippen LogP contribution in [0.2, 0.25) is 0 Å². The lowest BCUT2D eigenvalue weighted by Gasteiger charge is -2.16. The summed E-state index contributed by atoms with van der Waals surface area (Å²) in [6.45, 7) is 6.26. The number of hydrogen-bond acceptors (Lipinski definition) is 6. The van der Waals surface area contributed by atoms with Gasteiger partial charge in [-0.05, 0) is 93.1 Å². The van der Waals surface area contributed by atoms with E-state index in [9.17, 15) is 18.1 Å². The predicted molar refractivity (Wildman–Crippen MR) is 154 cm³/mol. The van der Waals surface area contributed by atoms with Gasteiger partial charge in [0.25, 0.3) is 5.91 Å². The molecule has 0 saturated carbocycles. The first-order chi connectivity index (χ1) is 19.1. The number of benzene rings is 3. The Morgan fingerprint density at radius 1 is 1.02 bits per heavy atom. The van der Waals surface area contributed by atoms with Crippen LogP contribution >= 0.6 is 8.38 Å². The zero-order valence-corrected chi connectivity index (χ0v) is 23.7. The number of carbonyl (C=O) groups excluding carboxylic acids is 1. The van der Waals surface area contributed by atoms with Gasteiger partial charge < -0.3 is 29.8 Å². The van der Waals surface area contributed by atoms with Crippen LogP contribution in [0.4, 0.5) is 14.5 Å². The van der Waals surface area contributed by atoms with E-state index in [0.29, 0.717) is 23.8 Å². The molecule has 0 radical (unpaired) electrons. The monoisotopic (exact) mass is 590 g/mol. The summed E-state index contributed by atoms with van der Waals surface area (Å²) in [5.74, 6) is -3.62. The highest BCUT2D eigenvalue weighted by atomic mass is 32.2. The topological polar surface area (TPSA) is 144 Å². The van der Waals surface area contributed by atoms with Crippen LogP contribution in [0.25, 0.3) is 6.08 Å². The Morgan fingerprint density at radius 3 is 2.12 bits per heavy atom. The third-order valence-corrected chi connectivity index (χ3v) is 7.84. The van der Waals surface area contributed by atoms with E-state index in [1.165, 1.54) is 37.3 Å². The van der Waals surface area contributed by atoms with Crippen molar-refractivity contribution in [3.63, 3.8) is 0 Å². The standard InChI is InChI=1S/C27H29F2N4O5PS/c1-4-36-39(37-5-2)21-10-6-19(7-11-21)33-40(35)22-12-8-20(9-13-22)38-25-23(28)15-18(16-24(25)29)14-17(3)26(34)32-27(30)31/h6-16,33H,4-5H2,1-3H3,(H4,30,31,32,34)/b17-14+. The molecule has 3 aromatic rings. The smallest absolute Gasteiger partial charge is 0.275 e. The molecule has 0 aliphatic rings. The predicted octanol–water partition coefficient (Wildman–Crippen LogP) is 5.11. The van der Waals surface area contributed by atoms with Gasteiger partial charge in [-0.25, -0.2) is 13.5 Å². The number of rotatable bonds is 12. The lowest BCUT2D eigenvalue weighted by atomic mass is 10.1. The second-order valence-corrected chi connectivity index (χ2v) is 10.8. The third kappa shape index (κ3) is 8.73. The number of ether oxygens (including phenoxy) is 1. The second kappa shape index (κ2) is 14.7. The quantitative estimate of drug-likeness (QED) is 0.0869. The summed E-state index contributed by atoms with van der Waals surface area (Å²) >= 11 is -1.61. The van der Waals surface area contributed by atoms with Crippen LogP contribution in [0.5, 0.6) is 11.5 Å². The van der Waals surface area contributed by atoms with Crippen LogP contribution in [-0.4, -0.2) is 29.6 Å². The van der Waals surface area contributed by atoms with Gasteiger partial charge in [0.05, 0.1) is 18.9 Å². The molecular weight excluding hydrogens is 561 g/mol. The minimum atomic E-state index is -1.61. The summed E-state index contributed by atoms with van der Waals surface area (Å²) < 4.78 is 61.7. The van der Waals surface area contributed by atoms with Crippen LogP contribution in [0, 0.1) is 11.6 Å². The summed E-state index contributed by atoms with van der Waals surface area (Å²) in [5, 5.41) is 0.898. The highest BCUT2D eigenvalue weighted by Gasteiger charge is 2.17. The number of nitrogens with two attached hydrogens (primary N) is 2. The van der Waals surface area contributed by atoms with Crippen LogP contribution < -0.4 is 26.2 Å². The van der Waals surface area contributed by atoms with E-state index in [4.69, 9.17) is 25.3 Å². The van der Waals surface area contributed by atoms with Crippen molar-refractivity contribution in [1.29, 1.82) is 0 Å².